The molecule has 28 heavy (non-hydrogen) atoms. The van der Waals surface area contributed by atoms with E-state index in [-0.39, 0.29) is 11.8 Å². The van der Waals surface area contributed by atoms with Gasteiger partial charge in [-0.05, 0) is 37.1 Å². The molecule has 8 nitrogen and oxygen atoms in total. The lowest BCUT2D eigenvalue weighted by atomic mass is 9.95. The molecule has 2 aromatic heterocycles. The van der Waals surface area contributed by atoms with Gasteiger partial charge in [0.2, 0.25) is 0 Å². The van der Waals surface area contributed by atoms with Gasteiger partial charge in [-0.2, -0.15) is 0 Å². The molecule has 1 saturated heterocycles. The summed E-state index contributed by atoms with van der Waals surface area (Å²) in [4.78, 5) is 28.4. The number of rotatable bonds is 4. The van der Waals surface area contributed by atoms with Gasteiger partial charge in [-0.1, -0.05) is 19.3 Å². The fourth-order valence-corrected chi connectivity index (χ4v) is 3.81. The van der Waals surface area contributed by atoms with Crippen molar-refractivity contribution < 1.29 is 14.0 Å². The molecule has 0 atom stereocenters. The van der Waals surface area contributed by atoms with E-state index in [1.807, 2.05) is 6.07 Å². The van der Waals surface area contributed by atoms with Gasteiger partial charge < -0.3 is 19.5 Å². The SMILES string of the molecule is O=C(c1ccc(NC2CCCCC2)nn1)N1CCN(C(=O)c2ccco2)CC1. The van der Waals surface area contributed by atoms with Crippen LogP contribution in [0.2, 0.25) is 0 Å². The maximum atomic E-state index is 12.7. The second kappa shape index (κ2) is 8.41. The maximum Gasteiger partial charge on any atom is 0.289 e. The molecule has 8 heteroatoms. The molecule has 2 amide bonds. The van der Waals surface area contributed by atoms with Gasteiger partial charge in [-0.15, -0.1) is 10.2 Å². The lowest BCUT2D eigenvalue weighted by Crippen LogP contribution is -2.50. The zero-order valence-corrected chi connectivity index (χ0v) is 15.8. The highest BCUT2D eigenvalue weighted by Gasteiger charge is 2.27. The van der Waals surface area contributed by atoms with Crippen LogP contribution >= 0.6 is 0 Å². The van der Waals surface area contributed by atoms with Crippen LogP contribution in [0.25, 0.3) is 0 Å². The topological polar surface area (TPSA) is 91.6 Å². The molecule has 4 rings (SSSR count). The smallest absolute Gasteiger partial charge is 0.289 e. The van der Waals surface area contributed by atoms with E-state index in [1.165, 1.54) is 25.5 Å². The summed E-state index contributed by atoms with van der Waals surface area (Å²) in [5, 5.41) is 11.7. The van der Waals surface area contributed by atoms with Crippen LogP contribution in [0.3, 0.4) is 0 Å². The Balaban J connectivity index is 1.30. The molecule has 1 N–H and O–H groups in total. The summed E-state index contributed by atoms with van der Waals surface area (Å²) in [6, 6.07) is 7.34. The fourth-order valence-electron chi connectivity index (χ4n) is 3.81. The Morgan fingerprint density at radius 3 is 2.25 bits per heavy atom. The summed E-state index contributed by atoms with van der Waals surface area (Å²) in [7, 11) is 0. The Bertz CT molecular complexity index is 792. The highest BCUT2D eigenvalue weighted by atomic mass is 16.3. The highest BCUT2D eigenvalue weighted by Crippen LogP contribution is 2.20. The minimum atomic E-state index is -0.151. The molecule has 0 unspecified atom stereocenters. The molecular formula is C20H25N5O3. The van der Waals surface area contributed by atoms with Crippen LogP contribution in [0.1, 0.15) is 53.1 Å². The van der Waals surface area contributed by atoms with Gasteiger partial charge in [-0.3, -0.25) is 9.59 Å². The van der Waals surface area contributed by atoms with Crippen molar-refractivity contribution in [3.8, 4) is 0 Å². The number of hydrogen-bond acceptors (Lipinski definition) is 6. The van der Waals surface area contributed by atoms with E-state index in [4.69, 9.17) is 4.42 Å². The Kier molecular flexibility index (Phi) is 5.55. The first-order valence-corrected chi connectivity index (χ1v) is 9.93. The second-order valence-electron chi connectivity index (χ2n) is 7.34. The summed E-state index contributed by atoms with van der Waals surface area (Å²) >= 11 is 0. The van der Waals surface area contributed by atoms with E-state index >= 15 is 0 Å². The largest absolute Gasteiger partial charge is 0.459 e. The van der Waals surface area contributed by atoms with Crippen molar-refractivity contribution >= 4 is 17.6 Å². The van der Waals surface area contributed by atoms with Crippen molar-refractivity contribution in [1.29, 1.82) is 0 Å². The normalized spacial score (nSPS) is 18.1. The van der Waals surface area contributed by atoms with E-state index in [0.717, 1.165) is 18.7 Å². The number of anilines is 1. The molecule has 148 valence electrons. The van der Waals surface area contributed by atoms with Crippen LogP contribution in [0, 0.1) is 0 Å². The summed E-state index contributed by atoms with van der Waals surface area (Å²) in [5.74, 6) is 0.751. The monoisotopic (exact) mass is 383 g/mol. The zero-order chi connectivity index (χ0) is 19.3. The average molecular weight is 383 g/mol. The number of nitrogens with one attached hydrogen (secondary N) is 1. The molecule has 0 bridgehead atoms. The minimum Gasteiger partial charge on any atom is -0.459 e. The third kappa shape index (κ3) is 4.16. The first-order chi connectivity index (χ1) is 13.7. The lowest BCUT2D eigenvalue weighted by Gasteiger charge is -2.34. The Morgan fingerprint density at radius 2 is 1.64 bits per heavy atom. The van der Waals surface area contributed by atoms with Crippen molar-refractivity contribution in [2.75, 3.05) is 31.5 Å². The van der Waals surface area contributed by atoms with Crippen LogP contribution < -0.4 is 5.32 Å². The van der Waals surface area contributed by atoms with Gasteiger partial charge in [-0.25, -0.2) is 0 Å². The molecule has 1 aliphatic carbocycles. The second-order valence-corrected chi connectivity index (χ2v) is 7.34. The molecule has 2 fully saturated rings. The predicted octanol–water partition coefficient (Wildman–Crippen LogP) is 2.41. The molecule has 0 radical (unpaired) electrons. The van der Waals surface area contributed by atoms with E-state index in [0.29, 0.717) is 43.7 Å². The maximum absolute atomic E-state index is 12.7. The van der Waals surface area contributed by atoms with E-state index in [2.05, 4.69) is 15.5 Å². The number of piperazine rings is 1. The van der Waals surface area contributed by atoms with Crippen molar-refractivity contribution in [3.63, 3.8) is 0 Å². The fraction of sp³-hybridized carbons (Fsp3) is 0.500. The van der Waals surface area contributed by atoms with Crippen LogP contribution in [0.5, 0.6) is 0 Å². The van der Waals surface area contributed by atoms with Gasteiger partial charge in [0.05, 0.1) is 6.26 Å². The van der Waals surface area contributed by atoms with E-state index in [1.54, 1.807) is 28.0 Å². The van der Waals surface area contributed by atoms with Gasteiger partial charge in [0, 0.05) is 32.2 Å². The summed E-state index contributed by atoms with van der Waals surface area (Å²) in [6.45, 7) is 1.88. The van der Waals surface area contributed by atoms with Crippen molar-refractivity contribution in [1.82, 2.24) is 20.0 Å². The summed E-state index contributed by atoms with van der Waals surface area (Å²) in [6.07, 6.45) is 7.59. The number of nitrogens with zero attached hydrogens (tertiary/aromatic N) is 4. The summed E-state index contributed by atoms with van der Waals surface area (Å²) < 4.78 is 5.16. The van der Waals surface area contributed by atoms with Gasteiger partial charge in [0.25, 0.3) is 11.8 Å². The Labute approximate surface area is 163 Å². The average Bonchev–Trinajstić information content (AvgIpc) is 3.29. The molecule has 0 spiro atoms. The first kappa shape index (κ1) is 18.5. The van der Waals surface area contributed by atoms with Crippen molar-refractivity contribution in [2.45, 2.75) is 38.1 Å². The highest BCUT2D eigenvalue weighted by molar-refractivity contribution is 5.93. The molecule has 3 heterocycles. The first-order valence-electron chi connectivity index (χ1n) is 9.93. The number of furan rings is 1. The molecular weight excluding hydrogens is 358 g/mol. The third-order valence-corrected chi connectivity index (χ3v) is 5.43. The number of amides is 2. The predicted molar refractivity (Wildman–Crippen MR) is 103 cm³/mol. The third-order valence-electron chi connectivity index (χ3n) is 5.43. The van der Waals surface area contributed by atoms with Crippen LogP contribution in [0.4, 0.5) is 5.82 Å². The lowest BCUT2D eigenvalue weighted by molar-refractivity contribution is 0.0514. The Hall–Kier alpha value is -2.90. The van der Waals surface area contributed by atoms with Crippen LogP contribution in [0.15, 0.2) is 34.9 Å². The molecule has 1 saturated carbocycles. The van der Waals surface area contributed by atoms with Gasteiger partial charge in [0.1, 0.15) is 5.82 Å². The van der Waals surface area contributed by atoms with Gasteiger partial charge >= 0.3 is 0 Å². The van der Waals surface area contributed by atoms with E-state index < -0.39 is 0 Å². The van der Waals surface area contributed by atoms with Crippen molar-refractivity contribution in [2.24, 2.45) is 0 Å². The van der Waals surface area contributed by atoms with Crippen LogP contribution in [-0.2, 0) is 0 Å². The van der Waals surface area contributed by atoms with Crippen molar-refractivity contribution in [3.05, 3.63) is 42.0 Å². The summed E-state index contributed by atoms with van der Waals surface area (Å²) in [5.41, 5.74) is 0.333. The number of aromatic nitrogens is 2. The quantitative estimate of drug-likeness (QED) is 0.872. The Morgan fingerprint density at radius 1 is 0.929 bits per heavy atom. The molecule has 2 aromatic rings. The molecule has 1 aliphatic heterocycles. The van der Waals surface area contributed by atoms with Crippen LogP contribution in [-0.4, -0.2) is 64.0 Å². The molecule has 0 aromatic carbocycles. The van der Waals surface area contributed by atoms with E-state index in [9.17, 15) is 9.59 Å². The molecule has 2 aliphatic rings. The van der Waals surface area contributed by atoms with Gasteiger partial charge in [0.15, 0.2) is 11.5 Å². The minimum absolute atomic E-state index is 0.143. The number of carbonyl (C=O) groups excluding carboxylic acids is 2. The number of carbonyl (C=O) groups is 2. The number of hydrogen-bond donors (Lipinski definition) is 1. The zero-order valence-electron chi connectivity index (χ0n) is 15.8. The standard InChI is InChI=1S/C20H25N5O3/c26-19(16-8-9-18(23-22-16)21-15-5-2-1-3-6-15)24-10-12-25(13-11-24)20(27)17-7-4-14-28-17/h4,7-9,14-15H,1-3,5-6,10-13H2,(H,21,23).